The lowest BCUT2D eigenvalue weighted by atomic mass is 10.2. The average Bonchev–Trinajstić information content (AvgIpc) is 2.97. The summed E-state index contributed by atoms with van der Waals surface area (Å²) in [4.78, 5) is 22.6. The topological polar surface area (TPSA) is 171 Å². The zero-order chi connectivity index (χ0) is 32.7. The van der Waals surface area contributed by atoms with Gasteiger partial charge in [-0.1, -0.05) is 0 Å². The summed E-state index contributed by atoms with van der Waals surface area (Å²) >= 11 is 0. The molecule has 3 aromatic carbocycles. The van der Waals surface area contributed by atoms with Crippen LogP contribution in [0.2, 0.25) is 0 Å². The minimum Gasteiger partial charge on any atom is -0.460 e. The molecular weight excluding hydrogens is 605 g/mol. The number of nitrogens with two attached hydrogens (primary N) is 2. The molecule has 0 spiro atoms. The van der Waals surface area contributed by atoms with Crippen molar-refractivity contribution in [3.05, 3.63) is 72.3 Å². The minimum atomic E-state index is -3.80. The van der Waals surface area contributed by atoms with Crippen molar-refractivity contribution in [1.29, 1.82) is 0 Å². The lowest BCUT2D eigenvalue weighted by Crippen LogP contribution is -2.37. The molecule has 0 amide bonds. The van der Waals surface area contributed by atoms with Crippen LogP contribution in [0.5, 0.6) is 23.0 Å². The molecule has 246 valence electrons. The summed E-state index contributed by atoms with van der Waals surface area (Å²) in [5.41, 5.74) is 12.9. The number of esters is 1. The van der Waals surface area contributed by atoms with Crippen LogP contribution < -0.4 is 20.9 Å². The van der Waals surface area contributed by atoms with Crippen LogP contribution in [0.15, 0.2) is 66.7 Å². The second-order valence-electron chi connectivity index (χ2n) is 10.9. The molecule has 0 aliphatic heterocycles. The molecule has 0 bridgehead atoms. The van der Waals surface area contributed by atoms with Crippen molar-refractivity contribution in [2.75, 3.05) is 91.8 Å². The van der Waals surface area contributed by atoms with Gasteiger partial charge in [0.1, 0.15) is 49.1 Å². The normalized spacial score (nSPS) is 12.8. The summed E-state index contributed by atoms with van der Waals surface area (Å²) < 4.78 is 50.9. The Bertz CT molecular complexity index is 1320. The number of likely N-dealkylation sites (N-methyl/N-ethyl adjacent to an activating group) is 1. The first-order chi connectivity index (χ1) is 21.4. The number of anilines is 2. The third-order valence-electron chi connectivity index (χ3n) is 5.86. The molecule has 0 heterocycles. The minimum absolute atomic E-state index is 0.0129. The highest BCUT2D eigenvalue weighted by Gasteiger charge is 2.21. The highest BCUT2D eigenvalue weighted by molar-refractivity contribution is 7.52. The molecule has 0 fully saturated rings. The Balaban J connectivity index is 1.37. The van der Waals surface area contributed by atoms with Gasteiger partial charge in [0.05, 0.1) is 59.7 Å². The van der Waals surface area contributed by atoms with Gasteiger partial charge in [-0.15, -0.1) is 0 Å². The number of carbonyl (C=O) groups excluding carboxylic acids is 1. The summed E-state index contributed by atoms with van der Waals surface area (Å²) in [5, 5.41) is 0. The van der Waals surface area contributed by atoms with Gasteiger partial charge in [0.15, 0.2) is 0 Å². The highest BCUT2D eigenvalue weighted by Crippen LogP contribution is 2.41. The monoisotopic (exact) mass is 648 g/mol. The van der Waals surface area contributed by atoms with Crippen molar-refractivity contribution in [3.63, 3.8) is 0 Å². The fourth-order valence-electron chi connectivity index (χ4n) is 3.54. The van der Waals surface area contributed by atoms with Crippen LogP contribution in [0, 0.1) is 0 Å². The first-order valence-corrected chi connectivity index (χ1v) is 16.0. The van der Waals surface area contributed by atoms with Crippen molar-refractivity contribution in [2.24, 2.45) is 0 Å². The number of carbonyl (C=O) groups is 1. The zero-order valence-corrected chi connectivity index (χ0v) is 26.8. The lowest BCUT2D eigenvalue weighted by molar-refractivity contribution is -0.870. The number of quaternary nitrogens is 1. The van der Waals surface area contributed by atoms with Crippen LogP contribution in [-0.2, 0) is 28.0 Å². The van der Waals surface area contributed by atoms with Gasteiger partial charge in [0, 0.05) is 17.4 Å². The smallest absolute Gasteiger partial charge is 0.353 e. The van der Waals surface area contributed by atoms with E-state index in [2.05, 4.69) is 0 Å². The molecule has 0 aliphatic rings. The van der Waals surface area contributed by atoms with Gasteiger partial charge in [-0.05, 0) is 60.7 Å². The van der Waals surface area contributed by atoms with Crippen LogP contribution >= 0.6 is 7.60 Å². The maximum Gasteiger partial charge on any atom is 0.353 e. The molecule has 3 rings (SSSR count). The van der Waals surface area contributed by atoms with Crippen LogP contribution in [0.25, 0.3) is 0 Å². The lowest BCUT2D eigenvalue weighted by Gasteiger charge is -2.24. The number of hydrogen-bond donors (Lipinski definition) is 3. The Hall–Kier alpha value is -3.68. The van der Waals surface area contributed by atoms with Gasteiger partial charge < -0.3 is 53.8 Å². The van der Waals surface area contributed by atoms with E-state index in [9.17, 15) is 14.3 Å². The Morgan fingerprint density at radius 2 is 1.16 bits per heavy atom. The van der Waals surface area contributed by atoms with Crippen LogP contribution in [0.4, 0.5) is 11.4 Å². The van der Waals surface area contributed by atoms with Gasteiger partial charge in [0.2, 0.25) is 0 Å². The van der Waals surface area contributed by atoms with E-state index >= 15 is 0 Å². The number of nitrogens with zero attached hydrogens (tertiary/aromatic N) is 1. The number of ether oxygens (including phenoxy) is 6. The molecule has 14 heteroatoms. The largest absolute Gasteiger partial charge is 0.460 e. The fraction of sp³-hybridized carbons (Fsp3) is 0.387. The van der Waals surface area contributed by atoms with Crippen LogP contribution in [0.3, 0.4) is 0 Å². The number of rotatable bonds is 20. The highest BCUT2D eigenvalue weighted by atomic mass is 31.2. The van der Waals surface area contributed by atoms with Crippen molar-refractivity contribution >= 4 is 24.9 Å². The van der Waals surface area contributed by atoms with Crippen LogP contribution in [0.1, 0.15) is 10.4 Å². The third-order valence-corrected chi connectivity index (χ3v) is 6.96. The van der Waals surface area contributed by atoms with Crippen molar-refractivity contribution in [3.8, 4) is 23.0 Å². The molecule has 0 aromatic heterocycles. The van der Waals surface area contributed by atoms with E-state index in [0.717, 1.165) is 0 Å². The van der Waals surface area contributed by atoms with Gasteiger partial charge in [-0.25, -0.2) is 4.79 Å². The maximum absolute atomic E-state index is 12.8. The Morgan fingerprint density at radius 3 is 1.64 bits per heavy atom. The van der Waals surface area contributed by atoms with Crippen molar-refractivity contribution in [1.82, 2.24) is 0 Å². The van der Waals surface area contributed by atoms with E-state index in [1.807, 2.05) is 21.1 Å². The van der Waals surface area contributed by atoms with E-state index in [1.54, 1.807) is 66.7 Å². The molecular formula is C31H43N3O10P+. The molecule has 45 heavy (non-hydrogen) atoms. The fourth-order valence-corrected chi connectivity index (χ4v) is 4.34. The summed E-state index contributed by atoms with van der Waals surface area (Å²) in [6.07, 6.45) is -0.402. The first kappa shape index (κ1) is 35.8. The van der Waals surface area contributed by atoms with Crippen molar-refractivity contribution in [2.45, 2.75) is 0 Å². The molecule has 5 N–H and O–H groups in total. The van der Waals surface area contributed by atoms with Crippen molar-refractivity contribution < 1.29 is 51.7 Å². The molecule has 13 nitrogen and oxygen atoms in total. The van der Waals surface area contributed by atoms with Gasteiger partial charge in [0.25, 0.3) is 0 Å². The summed E-state index contributed by atoms with van der Waals surface area (Å²) in [6.45, 7) is 1.80. The Morgan fingerprint density at radius 1 is 0.689 bits per heavy atom. The van der Waals surface area contributed by atoms with Crippen LogP contribution in [-0.4, -0.2) is 95.6 Å². The predicted molar refractivity (Wildman–Crippen MR) is 170 cm³/mol. The molecule has 1 unspecified atom stereocenters. The zero-order valence-electron chi connectivity index (χ0n) is 25.9. The van der Waals surface area contributed by atoms with E-state index in [4.69, 9.17) is 44.4 Å². The van der Waals surface area contributed by atoms with Gasteiger partial charge in [-0.2, -0.15) is 0 Å². The summed E-state index contributed by atoms with van der Waals surface area (Å²) in [6, 6.07) is 18.5. The van der Waals surface area contributed by atoms with Gasteiger partial charge >= 0.3 is 13.6 Å². The number of benzene rings is 3. The van der Waals surface area contributed by atoms with E-state index in [1.165, 1.54) is 0 Å². The molecule has 0 radical (unpaired) electrons. The second-order valence-corrected chi connectivity index (χ2v) is 12.7. The number of nitrogen functional groups attached to an aromatic ring is 2. The first-order valence-electron chi connectivity index (χ1n) is 14.3. The maximum atomic E-state index is 12.8. The molecule has 0 saturated carbocycles. The summed E-state index contributed by atoms with van der Waals surface area (Å²) in [7, 11) is 2.09. The third kappa shape index (κ3) is 14.8. The molecule has 3 aromatic rings. The standard InChI is InChI=1S/C31H42N3O10P/c1-34(2,3)12-13-42-45(36,37)23-40-17-16-38-14-15-39-18-19-41-31(35)24-20-29(43-27-8-4-25(32)5-9-27)22-30(21-24)44-28-10-6-26(33)7-11-28/h4-11,20-22H,12-19,23,32-33H2,1-3H3/p+1. The summed E-state index contributed by atoms with van der Waals surface area (Å²) in [5.74, 6) is 1.21. The predicted octanol–water partition coefficient (Wildman–Crippen LogP) is 4.51. The Labute approximate surface area is 263 Å². The SMILES string of the molecule is C[N+](C)(C)CCOP(=O)(O)COCCOCCOCCOC(=O)c1cc(Oc2ccc(N)cc2)cc(Oc2ccc(N)cc2)c1. The number of hydrogen-bond acceptors (Lipinski definition) is 11. The second kappa shape index (κ2) is 17.7. The molecule has 0 aliphatic carbocycles. The molecule has 0 saturated heterocycles. The van der Waals surface area contributed by atoms with E-state index < -0.39 is 19.9 Å². The quantitative estimate of drug-likeness (QED) is 0.0516. The van der Waals surface area contributed by atoms with Gasteiger partial charge in [-0.3, -0.25) is 4.57 Å². The average molecular weight is 649 g/mol. The van der Waals surface area contributed by atoms with E-state index in [0.29, 0.717) is 45.4 Å². The molecule has 1 atom stereocenters. The Kier molecular flexibility index (Phi) is 14.1. The van der Waals surface area contributed by atoms with E-state index in [-0.39, 0.29) is 51.8 Å².